The number of nitrogens with one attached hydrogen (secondary N) is 1. The van der Waals surface area contributed by atoms with E-state index < -0.39 is 23.7 Å². The molecule has 3 aromatic carbocycles. The van der Waals surface area contributed by atoms with Crippen molar-refractivity contribution in [2.75, 3.05) is 26.1 Å². The zero-order valence-corrected chi connectivity index (χ0v) is 22.1. The van der Waals surface area contributed by atoms with Gasteiger partial charge in [0.2, 0.25) is 0 Å². The van der Waals surface area contributed by atoms with E-state index in [1.807, 2.05) is 0 Å². The largest absolute Gasteiger partial charge is 0.496 e. The number of anilines is 1. The molecule has 1 N–H and O–H groups in total. The fourth-order valence-electron chi connectivity index (χ4n) is 3.77. The van der Waals surface area contributed by atoms with Gasteiger partial charge in [0.05, 0.1) is 31.9 Å². The van der Waals surface area contributed by atoms with Crippen molar-refractivity contribution in [2.45, 2.75) is 26.1 Å². The van der Waals surface area contributed by atoms with E-state index in [1.54, 1.807) is 49.4 Å². The average Bonchev–Trinajstić information content (AvgIpc) is 2.87. The van der Waals surface area contributed by atoms with Gasteiger partial charge in [-0.3, -0.25) is 4.79 Å². The second kappa shape index (κ2) is 12.1. The van der Waals surface area contributed by atoms with E-state index in [9.17, 15) is 22.8 Å². The molecule has 0 radical (unpaired) electrons. The van der Waals surface area contributed by atoms with E-state index in [-0.39, 0.29) is 25.1 Å². The predicted octanol–water partition coefficient (Wildman–Crippen LogP) is 6.91. The highest BCUT2D eigenvalue weighted by Gasteiger charge is 2.31. The van der Waals surface area contributed by atoms with Crippen molar-refractivity contribution < 1.29 is 32.2 Å². The van der Waals surface area contributed by atoms with Crippen molar-refractivity contribution in [1.82, 2.24) is 4.90 Å². The van der Waals surface area contributed by atoms with Crippen molar-refractivity contribution in [1.29, 1.82) is 0 Å². The zero-order chi connectivity index (χ0) is 27.2. The van der Waals surface area contributed by atoms with Crippen LogP contribution in [0.3, 0.4) is 0 Å². The van der Waals surface area contributed by atoms with Crippen LogP contribution in [0.25, 0.3) is 11.1 Å². The summed E-state index contributed by atoms with van der Waals surface area (Å²) in [6.45, 7) is 1.88. The Labute approximate surface area is 221 Å². The summed E-state index contributed by atoms with van der Waals surface area (Å²) < 4.78 is 51.8. The van der Waals surface area contributed by atoms with Gasteiger partial charge in [-0.15, -0.1) is 0 Å². The molecule has 0 spiro atoms. The standard InChI is InChI=1S/C27H26BrF3N2O4/c1-4-33(26(35)32-23-8-6-5-7-22(23)28)16-18-15-19(27(29,30)31)10-11-20(18)21-13-17(14-25(34)37-3)9-12-24(21)36-2/h5-13,15H,4,14,16H2,1-3H3,(H,32,35). The molecule has 10 heteroatoms. The number of rotatable bonds is 8. The number of urea groups is 1. The second-order valence-electron chi connectivity index (χ2n) is 8.08. The number of alkyl halides is 3. The van der Waals surface area contributed by atoms with Crippen molar-refractivity contribution in [2.24, 2.45) is 0 Å². The van der Waals surface area contributed by atoms with Crippen LogP contribution < -0.4 is 10.1 Å². The molecule has 0 aliphatic rings. The smallest absolute Gasteiger partial charge is 0.416 e. The molecular formula is C27H26BrF3N2O4. The Bertz CT molecular complexity index is 1280. The van der Waals surface area contributed by atoms with Crippen LogP contribution in [0.4, 0.5) is 23.7 Å². The Morgan fingerprint density at radius 1 is 1.00 bits per heavy atom. The number of esters is 1. The summed E-state index contributed by atoms with van der Waals surface area (Å²) in [5.41, 5.74) is 1.52. The van der Waals surface area contributed by atoms with E-state index in [0.29, 0.717) is 32.6 Å². The summed E-state index contributed by atoms with van der Waals surface area (Å²) in [7, 11) is 2.73. The maximum absolute atomic E-state index is 13.6. The molecule has 0 saturated carbocycles. The molecule has 0 heterocycles. The van der Waals surface area contributed by atoms with Crippen LogP contribution in [0, 0.1) is 0 Å². The van der Waals surface area contributed by atoms with E-state index in [0.717, 1.165) is 12.1 Å². The fourth-order valence-corrected chi connectivity index (χ4v) is 4.15. The number of carbonyl (C=O) groups excluding carboxylic acids is 2. The van der Waals surface area contributed by atoms with E-state index in [1.165, 1.54) is 25.2 Å². The van der Waals surface area contributed by atoms with Gasteiger partial charge in [0, 0.05) is 23.1 Å². The van der Waals surface area contributed by atoms with Crippen LogP contribution in [0.1, 0.15) is 23.6 Å². The molecule has 37 heavy (non-hydrogen) atoms. The summed E-state index contributed by atoms with van der Waals surface area (Å²) in [6.07, 6.45) is -4.59. The fraction of sp³-hybridized carbons (Fsp3) is 0.259. The molecule has 0 fully saturated rings. The molecular weight excluding hydrogens is 553 g/mol. The number of ether oxygens (including phenoxy) is 2. The topological polar surface area (TPSA) is 67.9 Å². The van der Waals surface area contributed by atoms with Gasteiger partial charge in [0.25, 0.3) is 0 Å². The lowest BCUT2D eigenvalue weighted by molar-refractivity contribution is -0.140. The van der Waals surface area contributed by atoms with Crippen LogP contribution in [0.5, 0.6) is 5.75 Å². The predicted molar refractivity (Wildman–Crippen MR) is 138 cm³/mol. The molecule has 2 amide bonds. The van der Waals surface area contributed by atoms with E-state index >= 15 is 0 Å². The summed E-state index contributed by atoms with van der Waals surface area (Å²) >= 11 is 3.38. The number of carbonyl (C=O) groups is 2. The van der Waals surface area contributed by atoms with E-state index in [4.69, 9.17) is 9.47 Å². The number of hydrogen-bond acceptors (Lipinski definition) is 4. The van der Waals surface area contributed by atoms with Crippen LogP contribution >= 0.6 is 15.9 Å². The Balaban J connectivity index is 2.06. The lowest BCUT2D eigenvalue weighted by Gasteiger charge is -2.24. The molecule has 3 aromatic rings. The second-order valence-corrected chi connectivity index (χ2v) is 8.94. The molecule has 0 aliphatic heterocycles. The first kappa shape index (κ1) is 28.0. The third-order valence-electron chi connectivity index (χ3n) is 5.71. The third-order valence-corrected chi connectivity index (χ3v) is 6.40. The molecule has 0 atom stereocenters. The molecule has 3 rings (SSSR count). The summed E-state index contributed by atoms with van der Waals surface area (Å²) in [5, 5.41) is 2.79. The maximum atomic E-state index is 13.6. The van der Waals surface area contributed by atoms with Gasteiger partial charge in [-0.2, -0.15) is 13.2 Å². The first-order valence-corrected chi connectivity index (χ1v) is 12.1. The van der Waals surface area contributed by atoms with Crippen molar-refractivity contribution in [3.63, 3.8) is 0 Å². The lowest BCUT2D eigenvalue weighted by Crippen LogP contribution is -2.34. The molecule has 0 aromatic heterocycles. The molecule has 6 nitrogen and oxygen atoms in total. The van der Waals surface area contributed by atoms with Gasteiger partial charge >= 0.3 is 18.2 Å². The van der Waals surface area contributed by atoms with Gasteiger partial charge in [-0.05, 0) is 75.9 Å². The van der Waals surface area contributed by atoms with Crippen molar-refractivity contribution in [3.8, 4) is 16.9 Å². The summed E-state index contributed by atoms with van der Waals surface area (Å²) in [4.78, 5) is 26.3. The Morgan fingerprint density at radius 2 is 1.73 bits per heavy atom. The molecule has 196 valence electrons. The van der Waals surface area contributed by atoms with Crippen LogP contribution in [0.2, 0.25) is 0 Å². The van der Waals surface area contributed by atoms with Gasteiger partial charge in [-0.1, -0.05) is 24.3 Å². The minimum Gasteiger partial charge on any atom is -0.496 e. The SMILES string of the molecule is CCN(Cc1cc(C(F)(F)F)ccc1-c1cc(CC(=O)OC)ccc1OC)C(=O)Nc1ccccc1Br. The number of hydrogen-bond donors (Lipinski definition) is 1. The quantitative estimate of drug-likeness (QED) is 0.295. The summed E-state index contributed by atoms with van der Waals surface area (Å²) in [6, 6.07) is 15.0. The number of halogens is 4. The number of methoxy groups -OCH3 is 2. The van der Waals surface area contributed by atoms with Gasteiger partial charge in [0.1, 0.15) is 5.75 Å². The van der Waals surface area contributed by atoms with Crippen LogP contribution in [-0.4, -0.2) is 37.7 Å². The van der Waals surface area contributed by atoms with Gasteiger partial charge in [0.15, 0.2) is 0 Å². The van der Waals surface area contributed by atoms with Crippen LogP contribution in [-0.2, 0) is 28.7 Å². The van der Waals surface area contributed by atoms with Gasteiger partial charge < -0.3 is 19.7 Å². The van der Waals surface area contributed by atoms with Gasteiger partial charge in [-0.25, -0.2) is 4.79 Å². The third kappa shape index (κ3) is 7.03. The van der Waals surface area contributed by atoms with Crippen molar-refractivity contribution >= 4 is 33.6 Å². The number of amides is 2. The first-order valence-electron chi connectivity index (χ1n) is 11.3. The number of para-hydroxylation sites is 1. The minimum atomic E-state index is -4.57. The Kier molecular flexibility index (Phi) is 9.20. The van der Waals surface area contributed by atoms with E-state index in [2.05, 4.69) is 21.2 Å². The molecule has 0 unspecified atom stereocenters. The lowest BCUT2D eigenvalue weighted by atomic mass is 9.94. The maximum Gasteiger partial charge on any atom is 0.416 e. The normalized spacial score (nSPS) is 11.1. The summed E-state index contributed by atoms with van der Waals surface area (Å²) in [5.74, 6) is -0.0417. The average molecular weight is 579 g/mol. The monoisotopic (exact) mass is 578 g/mol. The highest BCUT2D eigenvalue weighted by atomic mass is 79.9. The number of nitrogens with zero attached hydrogens (tertiary/aromatic N) is 1. The zero-order valence-electron chi connectivity index (χ0n) is 20.5. The first-order chi connectivity index (χ1) is 17.6. The Hall–Kier alpha value is -3.53. The minimum absolute atomic E-state index is 0.0150. The highest BCUT2D eigenvalue weighted by Crippen LogP contribution is 2.38. The molecule has 0 aliphatic carbocycles. The highest BCUT2D eigenvalue weighted by molar-refractivity contribution is 9.10. The number of benzene rings is 3. The molecule has 0 saturated heterocycles. The van der Waals surface area contributed by atoms with Crippen molar-refractivity contribution in [3.05, 3.63) is 81.8 Å². The Morgan fingerprint density at radius 3 is 2.35 bits per heavy atom. The van der Waals surface area contributed by atoms with Crippen LogP contribution in [0.15, 0.2) is 65.1 Å². The molecule has 0 bridgehead atoms.